The van der Waals surface area contributed by atoms with Crippen LogP contribution in [0.25, 0.3) is 27.8 Å². The van der Waals surface area contributed by atoms with Crippen LogP contribution in [0.2, 0.25) is 0 Å². The van der Waals surface area contributed by atoms with Crippen LogP contribution in [0.5, 0.6) is 5.75 Å². The Bertz CT molecular complexity index is 2120. The second-order valence-corrected chi connectivity index (χ2v) is 13.1. The first-order valence-corrected chi connectivity index (χ1v) is 16.4. The van der Waals surface area contributed by atoms with Crippen molar-refractivity contribution in [1.29, 1.82) is 0 Å². The van der Waals surface area contributed by atoms with Gasteiger partial charge in [0.15, 0.2) is 5.65 Å². The van der Waals surface area contributed by atoms with Crippen molar-refractivity contribution in [3.8, 4) is 22.6 Å². The van der Waals surface area contributed by atoms with Crippen LogP contribution in [0, 0.1) is 5.82 Å². The second kappa shape index (κ2) is 12.8. The van der Waals surface area contributed by atoms with E-state index in [1.54, 1.807) is 18.2 Å². The lowest BCUT2D eigenvalue weighted by Gasteiger charge is -2.30. The van der Waals surface area contributed by atoms with E-state index in [0.29, 0.717) is 43.6 Å². The Morgan fingerprint density at radius 1 is 1.06 bits per heavy atom. The predicted molar refractivity (Wildman–Crippen MR) is 180 cm³/mol. The van der Waals surface area contributed by atoms with Crippen molar-refractivity contribution in [3.05, 3.63) is 105 Å². The normalized spacial score (nSPS) is 17.8. The zero-order chi connectivity index (χ0) is 33.5. The van der Waals surface area contributed by atoms with E-state index in [1.165, 1.54) is 9.13 Å². The molecule has 1 fully saturated rings. The summed E-state index contributed by atoms with van der Waals surface area (Å²) in [5, 5.41) is 13.3. The number of hydrogen-bond donors (Lipinski definition) is 2. The molecule has 1 amide bonds. The van der Waals surface area contributed by atoms with Crippen LogP contribution in [0.4, 0.5) is 4.39 Å². The Labute approximate surface area is 276 Å². The van der Waals surface area contributed by atoms with Gasteiger partial charge in [0.25, 0.3) is 11.5 Å². The Kier molecular flexibility index (Phi) is 8.42. The summed E-state index contributed by atoms with van der Waals surface area (Å²) >= 11 is 0. The number of imidazole rings is 1. The van der Waals surface area contributed by atoms with Crippen LogP contribution in [0.3, 0.4) is 0 Å². The molecule has 1 saturated carbocycles. The minimum atomic E-state index is -0.671. The van der Waals surface area contributed by atoms with Gasteiger partial charge in [-0.15, -0.1) is 0 Å². The lowest BCUT2D eigenvalue weighted by atomic mass is 9.90. The van der Waals surface area contributed by atoms with Gasteiger partial charge < -0.3 is 19.9 Å². The van der Waals surface area contributed by atoms with Gasteiger partial charge in [0, 0.05) is 37.8 Å². The van der Waals surface area contributed by atoms with Crippen molar-refractivity contribution < 1.29 is 14.3 Å². The number of halogens is 1. The number of phenols is 1. The van der Waals surface area contributed by atoms with Crippen molar-refractivity contribution in [2.24, 2.45) is 0 Å². The summed E-state index contributed by atoms with van der Waals surface area (Å²) < 4.78 is 19.2. The van der Waals surface area contributed by atoms with Crippen molar-refractivity contribution in [3.63, 3.8) is 0 Å². The third-order valence-corrected chi connectivity index (χ3v) is 9.42. The minimum absolute atomic E-state index is 0.0112. The van der Waals surface area contributed by atoms with E-state index < -0.39 is 23.1 Å². The Morgan fingerprint density at radius 2 is 1.88 bits per heavy atom. The van der Waals surface area contributed by atoms with Crippen LogP contribution in [0.15, 0.2) is 70.5 Å². The Morgan fingerprint density at radius 3 is 2.65 bits per heavy atom. The molecule has 0 bridgehead atoms. The predicted octanol–water partition coefficient (Wildman–Crippen LogP) is 4.57. The fourth-order valence-electron chi connectivity index (χ4n) is 7.14. The maximum atomic E-state index is 14.5. The summed E-state index contributed by atoms with van der Waals surface area (Å²) in [6.45, 7) is 1.45. The Hall–Kier alpha value is -5.10. The number of nitrogens with one attached hydrogen (secondary N) is 1. The van der Waals surface area contributed by atoms with Gasteiger partial charge in [0.2, 0.25) is 0 Å². The highest BCUT2D eigenvalue weighted by molar-refractivity contribution is 5.92. The molecule has 12 heteroatoms. The van der Waals surface area contributed by atoms with E-state index >= 15 is 0 Å². The van der Waals surface area contributed by atoms with Crippen molar-refractivity contribution >= 4 is 16.9 Å². The van der Waals surface area contributed by atoms with Gasteiger partial charge in [0.05, 0.1) is 17.3 Å². The maximum absolute atomic E-state index is 14.5. The highest BCUT2D eigenvalue weighted by atomic mass is 19.1. The number of carbonyl (C=O) groups excluding carboxylic acids is 1. The van der Waals surface area contributed by atoms with Crippen molar-refractivity contribution in [2.75, 3.05) is 14.1 Å². The smallest absolute Gasteiger partial charge is 0.337 e. The highest BCUT2D eigenvalue weighted by Crippen LogP contribution is 2.31. The standard InChI is InChI=1S/C36H38FN7O4/c1-41(2)20-23-17-28(45)13-14-29(23)22-6-5-7-27(16-22)43-33-30(18-24(37)19-38-33)35(47)44(36(43)48)26-11-9-25(10-12-26)39-34(46)31-21-42-15-4-3-8-32(42)40-31/h5-7,13-14,16-19,21,25-26,45H,3-4,8-12,15,20H2,1-2H3,(H,39,46)/t25-,26+. The van der Waals surface area contributed by atoms with Crippen molar-refractivity contribution in [1.82, 2.24) is 33.9 Å². The molecule has 248 valence electrons. The van der Waals surface area contributed by atoms with Gasteiger partial charge in [-0.3, -0.25) is 14.2 Å². The number of phenolic OH excluding ortho intramolecular Hbond substituents is 1. The molecule has 2 N–H and O–H groups in total. The van der Waals surface area contributed by atoms with E-state index in [0.717, 1.165) is 60.6 Å². The van der Waals surface area contributed by atoms with Gasteiger partial charge in [-0.1, -0.05) is 18.2 Å². The first kappa shape index (κ1) is 31.5. The van der Waals surface area contributed by atoms with Crippen LogP contribution < -0.4 is 16.6 Å². The van der Waals surface area contributed by atoms with Gasteiger partial charge >= 0.3 is 5.69 Å². The van der Waals surface area contributed by atoms with E-state index in [4.69, 9.17) is 0 Å². The molecule has 0 saturated heterocycles. The molecule has 0 radical (unpaired) electrons. The van der Waals surface area contributed by atoms with Gasteiger partial charge in [-0.2, -0.15) is 0 Å². The number of rotatable bonds is 7. The topological polar surface area (TPSA) is 127 Å². The lowest BCUT2D eigenvalue weighted by Crippen LogP contribution is -2.45. The molecule has 3 aromatic heterocycles. The third-order valence-electron chi connectivity index (χ3n) is 9.42. The molecule has 48 heavy (non-hydrogen) atoms. The van der Waals surface area contributed by atoms with Crippen LogP contribution in [0.1, 0.15) is 66.4 Å². The SMILES string of the molecule is CN(C)Cc1cc(O)ccc1-c1cccc(-n2c(=O)n([C@H]3CC[C@@H](NC(=O)c4cn5c(n4)CCCC5)CC3)c(=O)c3cc(F)cnc32)c1. The molecule has 0 spiro atoms. The molecule has 1 aliphatic heterocycles. The molecule has 11 nitrogen and oxygen atoms in total. The second-order valence-electron chi connectivity index (χ2n) is 13.1. The molecule has 4 heterocycles. The molecule has 2 aliphatic rings. The fraction of sp³-hybridized carbons (Fsp3) is 0.361. The quantitative estimate of drug-likeness (QED) is 0.264. The van der Waals surface area contributed by atoms with Gasteiger partial charge in [-0.05, 0) is 99.6 Å². The zero-order valence-electron chi connectivity index (χ0n) is 27.0. The maximum Gasteiger partial charge on any atom is 0.337 e. The Balaban J connectivity index is 1.21. The van der Waals surface area contributed by atoms with Crippen molar-refractivity contribution in [2.45, 2.75) is 70.1 Å². The first-order chi connectivity index (χ1) is 23.2. The number of aromatic nitrogens is 5. The van der Waals surface area contributed by atoms with E-state index in [2.05, 4.69) is 15.3 Å². The van der Waals surface area contributed by atoms with E-state index in [9.17, 15) is 23.9 Å². The molecule has 5 aromatic rings. The number of aryl methyl sites for hydroxylation is 2. The fourth-order valence-corrected chi connectivity index (χ4v) is 7.14. The molecule has 0 unspecified atom stereocenters. The van der Waals surface area contributed by atoms with Gasteiger partial charge in [0.1, 0.15) is 23.1 Å². The summed E-state index contributed by atoms with van der Waals surface area (Å²) in [7, 11) is 3.88. The molecule has 7 rings (SSSR count). The van der Waals surface area contributed by atoms with Crippen LogP contribution in [-0.4, -0.2) is 59.7 Å². The monoisotopic (exact) mass is 651 g/mol. The molecule has 0 atom stereocenters. The summed E-state index contributed by atoms with van der Waals surface area (Å²) in [5.41, 5.74) is 2.40. The zero-order valence-corrected chi connectivity index (χ0v) is 27.0. The third kappa shape index (κ3) is 6.03. The number of aromatic hydroxyl groups is 1. The molecule has 1 aliphatic carbocycles. The van der Waals surface area contributed by atoms with Crippen LogP contribution >= 0.6 is 0 Å². The molecular formula is C36H38FN7O4. The van der Waals surface area contributed by atoms with Crippen LogP contribution in [-0.2, 0) is 19.5 Å². The number of amides is 1. The number of nitrogens with zero attached hydrogens (tertiary/aromatic N) is 6. The summed E-state index contributed by atoms with van der Waals surface area (Å²) in [5.74, 6) is 0.210. The number of pyridine rings is 1. The number of benzene rings is 2. The van der Waals surface area contributed by atoms with E-state index in [1.807, 2.05) is 54.0 Å². The average molecular weight is 652 g/mol. The summed E-state index contributed by atoms with van der Waals surface area (Å²) in [4.78, 5) is 51.9. The summed E-state index contributed by atoms with van der Waals surface area (Å²) in [6.07, 6.45) is 7.95. The molecular weight excluding hydrogens is 613 g/mol. The van der Waals surface area contributed by atoms with Gasteiger partial charge in [-0.25, -0.2) is 23.7 Å². The summed E-state index contributed by atoms with van der Waals surface area (Å²) in [6, 6.07) is 13.1. The van der Waals surface area contributed by atoms with E-state index in [-0.39, 0.29) is 28.7 Å². The number of carbonyl (C=O) groups is 1. The average Bonchev–Trinajstić information content (AvgIpc) is 3.51. The minimum Gasteiger partial charge on any atom is -0.508 e. The molecule has 2 aromatic carbocycles. The number of hydrogen-bond acceptors (Lipinski definition) is 7. The first-order valence-electron chi connectivity index (χ1n) is 16.4. The highest BCUT2D eigenvalue weighted by Gasteiger charge is 2.29. The number of fused-ring (bicyclic) bond motifs is 2. The lowest BCUT2D eigenvalue weighted by molar-refractivity contribution is 0.0917. The largest absolute Gasteiger partial charge is 0.508 e.